The lowest BCUT2D eigenvalue weighted by molar-refractivity contribution is -0.142. The number of oxime groups is 1. The number of aliphatic carboxylic acids is 1. The fourth-order valence-corrected chi connectivity index (χ4v) is 1.45. The van der Waals surface area contributed by atoms with E-state index in [1.807, 2.05) is 12.1 Å². The molecular weight excluding hydrogens is 276 g/mol. The van der Waals surface area contributed by atoms with Gasteiger partial charge in [0.15, 0.2) is 0 Å². The van der Waals surface area contributed by atoms with Gasteiger partial charge in [-0.25, -0.2) is 4.79 Å². The Bertz CT molecular complexity index is 499. The van der Waals surface area contributed by atoms with Crippen LogP contribution >= 0.6 is 0 Å². The monoisotopic (exact) mass is 294 g/mol. The van der Waals surface area contributed by atoms with Crippen LogP contribution in [0.5, 0.6) is 5.75 Å². The third-order valence-corrected chi connectivity index (χ3v) is 2.43. The highest BCUT2D eigenvalue weighted by atomic mass is 16.6. The van der Waals surface area contributed by atoms with Gasteiger partial charge in [-0.3, -0.25) is 0 Å². The van der Waals surface area contributed by atoms with E-state index in [4.69, 9.17) is 15.6 Å². The molecule has 0 saturated carbocycles. The molecule has 1 aromatic carbocycles. The van der Waals surface area contributed by atoms with E-state index in [1.165, 1.54) is 0 Å². The van der Waals surface area contributed by atoms with Gasteiger partial charge >= 0.3 is 5.97 Å². The minimum absolute atomic E-state index is 0.187. The standard InChI is InChI=1S/C14H18N2O5/c1-10(16-21-9-14(18)19)8-20-13-4-2-11(3-5-13)6-12(15)7-17/h2-5,7,12H,6,8-9,15H2,1H3,(H,18,19)/b16-10+/t12-/m0/s1. The Kier molecular flexibility index (Phi) is 6.90. The Hall–Kier alpha value is -2.41. The molecule has 1 rings (SSSR count). The number of ether oxygens (including phenoxy) is 1. The van der Waals surface area contributed by atoms with Crippen molar-refractivity contribution in [3.63, 3.8) is 0 Å². The summed E-state index contributed by atoms with van der Waals surface area (Å²) in [5.74, 6) is -0.456. The quantitative estimate of drug-likeness (QED) is 0.392. The molecule has 0 radical (unpaired) electrons. The van der Waals surface area contributed by atoms with E-state index in [0.717, 1.165) is 5.56 Å². The zero-order valence-electron chi connectivity index (χ0n) is 11.7. The first-order chi connectivity index (χ1) is 10.0. The summed E-state index contributed by atoms with van der Waals surface area (Å²) in [6.07, 6.45) is 1.19. The van der Waals surface area contributed by atoms with Gasteiger partial charge in [-0.1, -0.05) is 17.3 Å². The molecule has 7 heteroatoms. The molecular formula is C14H18N2O5. The molecule has 0 spiro atoms. The van der Waals surface area contributed by atoms with Crippen LogP contribution in [0, 0.1) is 0 Å². The first-order valence-corrected chi connectivity index (χ1v) is 6.31. The molecule has 7 nitrogen and oxygen atoms in total. The molecule has 0 unspecified atom stereocenters. The molecule has 0 saturated heterocycles. The second-order valence-corrected chi connectivity index (χ2v) is 4.43. The highest BCUT2D eigenvalue weighted by molar-refractivity contribution is 5.83. The van der Waals surface area contributed by atoms with Crippen LogP contribution in [-0.2, 0) is 20.8 Å². The van der Waals surface area contributed by atoms with Crippen molar-refractivity contribution in [1.82, 2.24) is 0 Å². The van der Waals surface area contributed by atoms with Gasteiger partial charge in [0.2, 0.25) is 6.61 Å². The third-order valence-electron chi connectivity index (χ3n) is 2.43. The van der Waals surface area contributed by atoms with Crippen molar-refractivity contribution in [2.75, 3.05) is 13.2 Å². The predicted octanol–water partition coefficient (Wildman–Crippen LogP) is 0.611. The molecule has 21 heavy (non-hydrogen) atoms. The summed E-state index contributed by atoms with van der Waals surface area (Å²) in [6, 6.07) is 6.67. The van der Waals surface area contributed by atoms with Gasteiger partial charge in [0.25, 0.3) is 0 Å². The van der Waals surface area contributed by atoms with E-state index in [0.29, 0.717) is 24.2 Å². The van der Waals surface area contributed by atoms with E-state index in [9.17, 15) is 9.59 Å². The first kappa shape index (κ1) is 16.6. The van der Waals surface area contributed by atoms with E-state index in [-0.39, 0.29) is 6.61 Å². The fourth-order valence-electron chi connectivity index (χ4n) is 1.45. The molecule has 0 aliphatic carbocycles. The van der Waals surface area contributed by atoms with E-state index < -0.39 is 18.6 Å². The van der Waals surface area contributed by atoms with Crippen molar-refractivity contribution >= 4 is 18.0 Å². The predicted molar refractivity (Wildman–Crippen MR) is 76.4 cm³/mol. The lowest BCUT2D eigenvalue weighted by Gasteiger charge is -2.08. The molecule has 0 aliphatic rings. The highest BCUT2D eigenvalue weighted by Gasteiger charge is 2.03. The Morgan fingerprint density at radius 1 is 1.38 bits per heavy atom. The van der Waals surface area contributed by atoms with Crippen LogP contribution in [0.25, 0.3) is 0 Å². The summed E-state index contributed by atoms with van der Waals surface area (Å²) in [7, 11) is 0. The maximum atomic E-state index is 10.5. The normalized spacial score (nSPS) is 12.6. The van der Waals surface area contributed by atoms with Crippen LogP contribution in [-0.4, -0.2) is 42.3 Å². The van der Waals surface area contributed by atoms with Crippen LogP contribution in [0.4, 0.5) is 0 Å². The van der Waals surface area contributed by atoms with Crippen LogP contribution in [0.2, 0.25) is 0 Å². The third kappa shape index (κ3) is 7.07. The molecule has 0 amide bonds. The summed E-state index contributed by atoms with van der Waals surface area (Å²) in [6.45, 7) is 1.37. The van der Waals surface area contributed by atoms with Gasteiger partial charge in [-0.2, -0.15) is 0 Å². The van der Waals surface area contributed by atoms with Crippen LogP contribution in [0.3, 0.4) is 0 Å². The van der Waals surface area contributed by atoms with E-state index in [2.05, 4.69) is 9.99 Å². The minimum atomic E-state index is -1.09. The Labute approximate surface area is 122 Å². The zero-order chi connectivity index (χ0) is 15.7. The molecule has 0 fully saturated rings. The molecule has 0 aromatic heterocycles. The van der Waals surface area contributed by atoms with Crippen LogP contribution < -0.4 is 10.5 Å². The largest absolute Gasteiger partial charge is 0.488 e. The minimum Gasteiger partial charge on any atom is -0.488 e. The van der Waals surface area contributed by atoms with Gasteiger partial charge in [0.1, 0.15) is 18.6 Å². The Morgan fingerprint density at radius 3 is 2.62 bits per heavy atom. The van der Waals surface area contributed by atoms with Gasteiger partial charge in [0, 0.05) is 0 Å². The van der Waals surface area contributed by atoms with Crippen molar-refractivity contribution in [2.24, 2.45) is 10.9 Å². The lowest BCUT2D eigenvalue weighted by Crippen LogP contribution is -2.23. The van der Waals surface area contributed by atoms with E-state index in [1.54, 1.807) is 19.1 Å². The number of nitrogens with two attached hydrogens (primary N) is 1. The average molecular weight is 294 g/mol. The second kappa shape index (κ2) is 8.70. The number of benzene rings is 1. The number of aldehydes is 1. The zero-order valence-corrected chi connectivity index (χ0v) is 11.7. The maximum absolute atomic E-state index is 10.5. The number of rotatable bonds is 9. The first-order valence-electron chi connectivity index (χ1n) is 6.31. The molecule has 114 valence electrons. The van der Waals surface area contributed by atoms with Crippen LogP contribution in [0.15, 0.2) is 29.4 Å². The van der Waals surface area contributed by atoms with Crippen molar-refractivity contribution in [3.05, 3.63) is 29.8 Å². The molecule has 1 atom stereocenters. The summed E-state index contributed by atoms with van der Waals surface area (Å²) in [4.78, 5) is 25.3. The molecule has 0 heterocycles. The van der Waals surface area contributed by atoms with Crippen molar-refractivity contribution in [2.45, 2.75) is 19.4 Å². The van der Waals surface area contributed by atoms with Gasteiger partial charge < -0.3 is 25.2 Å². The summed E-state index contributed by atoms with van der Waals surface area (Å²) in [5, 5.41) is 12.0. The van der Waals surface area contributed by atoms with Crippen molar-refractivity contribution < 1.29 is 24.3 Å². The van der Waals surface area contributed by atoms with Crippen LogP contribution in [0.1, 0.15) is 12.5 Å². The molecule has 3 N–H and O–H groups in total. The van der Waals surface area contributed by atoms with Gasteiger partial charge in [-0.15, -0.1) is 0 Å². The van der Waals surface area contributed by atoms with Crippen molar-refractivity contribution in [3.8, 4) is 5.75 Å². The molecule has 1 aromatic rings. The number of hydrogen-bond acceptors (Lipinski definition) is 6. The molecule has 0 aliphatic heterocycles. The van der Waals surface area contributed by atoms with Crippen molar-refractivity contribution in [1.29, 1.82) is 0 Å². The van der Waals surface area contributed by atoms with Gasteiger partial charge in [0.05, 0.1) is 11.8 Å². The number of carbonyl (C=O) groups excluding carboxylic acids is 1. The Balaban J connectivity index is 2.41. The number of carbonyl (C=O) groups is 2. The summed E-state index contributed by atoms with van der Waals surface area (Å²) >= 11 is 0. The average Bonchev–Trinajstić information content (AvgIpc) is 2.46. The SMILES string of the molecule is C/C(COc1ccc(C[C@H](N)C=O)cc1)=N\OCC(=O)O. The number of hydrogen-bond donors (Lipinski definition) is 2. The topological polar surface area (TPSA) is 111 Å². The molecule has 0 bridgehead atoms. The van der Waals surface area contributed by atoms with Gasteiger partial charge in [-0.05, 0) is 31.0 Å². The second-order valence-electron chi connectivity index (χ2n) is 4.43. The van der Waals surface area contributed by atoms with E-state index >= 15 is 0 Å². The summed E-state index contributed by atoms with van der Waals surface area (Å²) < 4.78 is 5.45. The Morgan fingerprint density at radius 2 is 2.05 bits per heavy atom. The highest BCUT2D eigenvalue weighted by Crippen LogP contribution is 2.13. The maximum Gasteiger partial charge on any atom is 0.344 e. The fraction of sp³-hybridized carbons (Fsp3) is 0.357. The number of nitrogens with zero attached hydrogens (tertiary/aromatic N) is 1. The summed E-state index contributed by atoms with van der Waals surface area (Å²) in [5.41, 5.74) is 7.00. The number of carboxylic acids is 1. The number of carboxylic acid groups (broad SMARTS) is 1. The lowest BCUT2D eigenvalue weighted by atomic mass is 10.1. The smallest absolute Gasteiger partial charge is 0.344 e.